The Bertz CT molecular complexity index is 8560. The van der Waals surface area contributed by atoms with Gasteiger partial charge in [-0.2, -0.15) is 0 Å². The Morgan fingerprint density at radius 3 is 0.977 bits per heavy atom. The Kier molecular flexibility index (Phi) is 17.6. The molecule has 0 aliphatic heterocycles. The molecule has 0 atom stereocenters. The number of nitrogens with zero attached hydrogens (tertiary/aromatic N) is 2. The maximum atomic E-state index is 2.49. The Morgan fingerprint density at radius 2 is 0.500 bits per heavy atom. The highest BCUT2D eigenvalue weighted by molar-refractivity contribution is 7.26. The highest BCUT2D eigenvalue weighted by atomic mass is 32.1. The van der Waals surface area contributed by atoms with Crippen LogP contribution in [0, 0.1) is 0 Å². The first-order valence-corrected chi connectivity index (χ1v) is 46.5. The van der Waals surface area contributed by atoms with Gasteiger partial charge in [-0.05, 0) is 251 Å². The fourth-order valence-electron chi connectivity index (χ4n) is 22.3. The van der Waals surface area contributed by atoms with E-state index < -0.39 is 10.8 Å². The number of rotatable bonds is 12. The summed E-state index contributed by atoms with van der Waals surface area (Å²) in [6.07, 6.45) is 0. The molecule has 2 heterocycles. The van der Waals surface area contributed by atoms with Crippen molar-refractivity contribution in [3.63, 3.8) is 0 Å². The maximum Gasteiger partial charge on any atom is 0.0726 e. The predicted octanol–water partition coefficient (Wildman–Crippen LogP) is 35.0. The van der Waals surface area contributed by atoms with E-state index in [1.807, 2.05) is 22.7 Å². The molecule has 0 amide bonds. The average molecular weight is 1690 g/mol. The standard InChI is InChI=1S/C63H39NS.C63H41NS/c1-2-13-48-41(12-1)24-25-44-38-43(30-36-49(44)48)40-26-31-45(32-27-40)64(46-33-28-42(29-34-46)50-18-11-19-56-55-17-6-10-23-61(55)65-62(50)56)47-35-37-54-53-16-5-9-22-59(53)63(60(54)39-47)57-20-7-3-14-51(57)52-15-4-8-21-58(52)63;1-3-16-47(17-4-1)63(48-18-5-2-6-19-48)57-25-11-9-22-56(57)61-58(63)26-14-27-59(61)64(50-38-33-44(34-39-50)53-23-13-24-55-54-21-10-12-28-60(54)65-62(53)55)49-36-31-42(32-37-49)45-35-40-52-46(41-45)30-29-43-15-7-8-20-51(43)52/h1-39H;1-41H. The normalized spacial score (nSPS) is 12.9. The highest BCUT2D eigenvalue weighted by Gasteiger charge is 2.52. The quantitative estimate of drug-likeness (QED) is 0.113. The minimum absolute atomic E-state index is 0.432. The molecule has 0 saturated carbocycles. The molecule has 0 radical (unpaired) electrons. The summed E-state index contributed by atoms with van der Waals surface area (Å²) < 4.78 is 5.30. The van der Waals surface area contributed by atoms with E-state index >= 15 is 0 Å². The number of hydrogen-bond donors (Lipinski definition) is 0. The lowest BCUT2D eigenvalue weighted by molar-refractivity contribution is 0.768. The van der Waals surface area contributed by atoms with Gasteiger partial charge in [-0.1, -0.05) is 394 Å². The fraction of sp³-hybridized carbons (Fsp3) is 0.0159. The molecule has 22 aromatic carbocycles. The van der Waals surface area contributed by atoms with Crippen LogP contribution in [0.1, 0.15) is 44.5 Å². The molecule has 1 spiro atoms. The second-order valence-electron chi connectivity index (χ2n) is 34.7. The van der Waals surface area contributed by atoms with Crippen molar-refractivity contribution < 1.29 is 0 Å². The van der Waals surface area contributed by atoms with Crippen LogP contribution in [0.4, 0.5) is 34.1 Å². The highest BCUT2D eigenvalue weighted by Crippen LogP contribution is 2.65. The van der Waals surface area contributed by atoms with Crippen molar-refractivity contribution in [1.82, 2.24) is 0 Å². The Hall–Kier alpha value is -16.1. The summed E-state index contributed by atoms with van der Waals surface area (Å²) in [6.45, 7) is 0. The van der Waals surface area contributed by atoms with E-state index in [4.69, 9.17) is 0 Å². The number of anilines is 6. The third-order valence-corrected chi connectivity index (χ3v) is 30.5. The molecule has 2 nitrogen and oxygen atoms in total. The van der Waals surface area contributed by atoms with Crippen molar-refractivity contribution in [2.45, 2.75) is 10.8 Å². The van der Waals surface area contributed by atoms with Gasteiger partial charge in [0.2, 0.25) is 0 Å². The summed E-state index contributed by atoms with van der Waals surface area (Å²) in [5, 5.41) is 15.4. The van der Waals surface area contributed by atoms with E-state index in [0.717, 1.165) is 34.1 Å². The molecule has 0 bridgehead atoms. The first-order chi connectivity index (χ1) is 64.5. The zero-order valence-electron chi connectivity index (χ0n) is 70.9. The lowest BCUT2D eigenvalue weighted by Crippen LogP contribution is -2.28. The van der Waals surface area contributed by atoms with Crippen LogP contribution in [0.5, 0.6) is 0 Å². The summed E-state index contributed by atoms with van der Waals surface area (Å²) >= 11 is 3.76. The fourth-order valence-corrected chi connectivity index (χ4v) is 24.8. The third-order valence-electron chi connectivity index (χ3n) is 28.0. The monoisotopic (exact) mass is 1680 g/mol. The molecule has 3 aliphatic carbocycles. The van der Waals surface area contributed by atoms with Gasteiger partial charge in [0.15, 0.2) is 0 Å². The molecule has 130 heavy (non-hydrogen) atoms. The van der Waals surface area contributed by atoms with Crippen molar-refractivity contribution in [3.05, 3.63) is 530 Å². The van der Waals surface area contributed by atoms with Crippen LogP contribution in [0.3, 0.4) is 0 Å². The van der Waals surface area contributed by atoms with Gasteiger partial charge in [-0.25, -0.2) is 0 Å². The van der Waals surface area contributed by atoms with E-state index in [1.165, 1.54) is 206 Å². The molecule has 27 rings (SSSR count). The summed E-state index contributed by atoms with van der Waals surface area (Å²) in [4.78, 5) is 4.92. The van der Waals surface area contributed by atoms with Crippen molar-refractivity contribution in [2.24, 2.45) is 0 Å². The molecule has 0 saturated heterocycles. The molecule has 606 valence electrons. The molecule has 24 aromatic rings. The molecule has 0 fully saturated rings. The van der Waals surface area contributed by atoms with Gasteiger partial charge in [-0.15, -0.1) is 22.7 Å². The summed E-state index contributed by atoms with van der Waals surface area (Å²) in [7, 11) is 0. The molecule has 0 N–H and O–H groups in total. The van der Waals surface area contributed by atoms with Crippen LogP contribution in [-0.2, 0) is 10.8 Å². The van der Waals surface area contributed by atoms with E-state index in [1.54, 1.807) is 0 Å². The molecule has 3 aliphatic rings. The molecular weight excluding hydrogens is 1610 g/mol. The summed E-state index contributed by atoms with van der Waals surface area (Å²) in [5.74, 6) is 0. The van der Waals surface area contributed by atoms with Gasteiger partial charge in [0.1, 0.15) is 0 Å². The Balaban J connectivity index is 0.000000137. The third kappa shape index (κ3) is 11.7. The van der Waals surface area contributed by atoms with Crippen LogP contribution in [0.2, 0.25) is 0 Å². The molecular formula is C126H80N2S2. The zero-order valence-corrected chi connectivity index (χ0v) is 72.5. The second kappa shape index (κ2) is 30.3. The van der Waals surface area contributed by atoms with Crippen molar-refractivity contribution in [1.29, 1.82) is 0 Å². The first kappa shape index (κ1) is 75.3. The van der Waals surface area contributed by atoms with Gasteiger partial charge >= 0.3 is 0 Å². The van der Waals surface area contributed by atoms with Crippen molar-refractivity contribution >= 4 is 140 Å². The van der Waals surface area contributed by atoms with E-state index in [-0.39, 0.29) is 0 Å². The second-order valence-corrected chi connectivity index (χ2v) is 36.8. The zero-order chi connectivity index (χ0) is 85.5. The van der Waals surface area contributed by atoms with Crippen LogP contribution in [0.25, 0.3) is 161 Å². The number of thiophene rings is 2. The maximum absolute atomic E-state index is 2.49. The van der Waals surface area contributed by atoms with Crippen molar-refractivity contribution in [2.75, 3.05) is 9.80 Å². The van der Waals surface area contributed by atoms with E-state index in [9.17, 15) is 0 Å². The topological polar surface area (TPSA) is 6.48 Å². The summed E-state index contributed by atoms with van der Waals surface area (Å²) in [5.41, 5.74) is 33.7. The van der Waals surface area contributed by atoms with Gasteiger partial charge in [0.05, 0.1) is 16.5 Å². The van der Waals surface area contributed by atoms with Crippen LogP contribution >= 0.6 is 22.7 Å². The average Bonchev–Trinajstić information content (AvgIpc) is 1.50. The Labute approximate surface area is 762 Å². The number of hydrogen-bond acceptors (Lipinski definition) is 4. The lowest BCUT2D eigenvalue weighted by atomic mass is 9.68. The van der Waals surface area contributed by atoms with Crippen LogP contribution < -0.4 is 9.80 Å². The van der Waals surface area contributed by atoms with Crippen molar-refractivity contribution in [3.8, 4) is 77.9 Å². The lowest BCUT2D eigenvalue weighted by Gasteiger charge is -2.34. The van der Waals surface area contributed by atoms with Gasteiger partial charge in [0, 0.05) is 74.3 Å². The minimum Gasteiger partial charge on any atom is -0.310 e. The van der Waals surface area contributed by atoms with E-state index in [2.05, 4.69) is 495 Å². The predicted molar refractivity (Wildman–Crippen MR) is 553 cm³/mol. The molecule has 0 unspecified atom stereocenters. The largest absolute Gasteiger partial charge is 0.310 e. The summed E-state index contributed by atoms with van der Waals surface area (Å²) in [6, 6.07) is 180. The number of benzene rings is 22. The number of fused-ring (bicyclic) bond motifs is 25. The molecule has 4 heteroatoms. The van der Waals surface area contributed by atoms with Crippen LogP contribution in [-0.4, -0.2) is 0 Å². The van der Waals surface area contributed by atoms with E-state index in [0.29, 0.717) is 0 Å². The molecule has 2 aromatic heterocycles. The van der Waals surface area contributed by atoms with Gasteiger partial charge < -0.3 is 9.80 Å². The van der Waals surface area contributed by atoms with Gasteiger partial charge in [0.25, 0.3) is 0 Å². The minimum atomic E-state index is -0.506. The Morgan fingerprint density at radius 1 is 0.169 bits per heavy atom. The smallest absolute Gasteiger partial charge is 0.0726 e. The van der Waals surface area contributed by atoms with Gasteiger partial charge in [-0.3, -0.25) is 0 Å². The van der Waals surface area contributed by atoms with Crippen LogP contribution in [0.15, 0.2) is 485 Å². The first-order valence-electron chi connectivity index (χ1n) is 44.9. The SMILES string of the molecule is c1ccc(C2(c3ccccc3)c3ccccc3-c3c(N(c4ccc(-c5ccc6c(ccc7ccccc76)c5)cc4)c4ccc(-c5cccc6c5sc5ccccc56)cc4)cccc32)cc1.c1ccc2c(c1)-c1ccccc1C21c2ccccc2-c2ccc(N(c3ccc(-c4ccc5c(ccc6ccccc65)c4)cc3)c3ccc(-c4cccc5c4sc4ccccc45)cc3)cc21.